The number of hydrogen-bond donors (Lipinski definition) is 1. The van der Waals surface area contributed by atoms with Gasteiger partial charge in [0, 0.05) is 18.9 Å². The molecule has 108 valence electrons. The van der Waals surface area contributed by atoms with Crippen molar-refractivity contribution in [1.29, 1.82) is 0 Å². The van der Waals surface area contributed by atoms with Crippen LogP contribution in [0.25, 0.3) is 0 Å². The Kier molecular flexibility index (Phi) is 12.8. The van der Waals surface area contributed by atoms with Gasteiger partial charge in [-0.2, -0.15) is 0 Å². The highest BCUT2D eigenvalue weighted by Gasteiger charge is 1.93. The van der Waals surface area contributed by atoms with Crippen LogP contribution in [0.4, 0.5) is 0 Å². The lowest BCUT2D eigenvalue weighted by Crippen LogP contribution is -2.06. The maximum absolute atomic E-state index is 5.59. The number of hydrogen-bond acceptors (Lipinski definition) is 3. The van der Waals surface area contributed by atoms with Crippen LogP contribution in [0.15, 0.2) is 35.3 Å². The van der Waals surface area contributed by atoms with E-state index in [1.807, 2.05) is 38.5 Å². The van der Waals surface area contributed by atoms with Crippen LogP contribution in [0, 0.1) is 0 Å². The first-order chi connectivity index (χ1) is 9.20. The summed E-state index contributed by atoms with van der Waals surface area (Å²) in [5.74, 6) is 0. The maximum Gasteiger partial charge on any atom is 0.162 e. The first-order valence-electron chi connectivity index (χ1n) is 6.95. The van der Waals surface area contributed by atoms with Crippen LogP contribution in [-0.4, -0.2) is 42.7 Å². The second-order valence-corrected chi connectivity index (χ2v) is 6.02. The molecule has 1 N–H and O–H groups in total. The molecule has 1 aromatic carbocycles. The van der Waals surface area contributed by atoms with Crippen molar-refractivity contribution in [3.63, 3.8) is 0 Å². The highest BCUT2D eigenvalue weighted by molar-refractivity contribution is 6.27. The number of nitrogens with zero attached hydrogens (tertiary/aromatic N) is 1. The molecule has 0 fully saturated rings. The zero-order valence-corrected chi connectivity index (χ0v) is 14.1. The number of benzene rings is 1. The van der Waals surface area contributed by atoms with E-state index in [9.17, 15) is 0 Å². The lowest BCUT2D eigenvalue weighted by Gasteiger charge is -2.05. The summed E-state index contributed by atoms with van der Waals surface area (Å²) in [6.45, 7) is 5.12. The van der Waals surface area contributed by atoms with Gasteiger partial charge in [0.25, 0.3) is 0 Å². The van der Waals surface area contributed by atoms with Crippen LogP contribution >= 0.6 is 0 Å². The molecule has 0 aliphatic heterocycles. The van der Waals surface area contributed by atoms with E-state index in [2.05, 4.69) is 36.3 Å². The minimum absolute atomic E-state index is 0.301. The van der Waals surface area contributed by atoms with Crippen molar-refractivity contribution in [2.24, 2.45) is 4.99 Å². The molecule has 4 heteroatoms. The molecule has 0 unspecified atom stereocenters. The number of nitrogens with one attached hydrogen (secondary N) is 1. The van der Waals surface area contributed by atoms with Gasteiger partial charge in [0.1, 0.15) is 0 Å². The second-order valence-electron chi connectivity index (χ2n) is 4.57. The van der Waals surface area contributed by atoms with Gasteiger partial charge in [-0.25, -0.2) is 0 Å². The first kappa shape index (κ1) is 18.0. The Morgan fingerprint density at radius 3 is 2.47 bits per heavy atom. The molecule has 0 bridgehead atoms. The van der Waals surface area contributed by atoms with E-state index >= 15 is 0 Å². The average molecular weight is 280 g/mol. The van der Waals surface area contributed by atoms with Gasteiger partial charge >= 0.3 is 0 Å². The minimum atomic E-state index is -0.301. The highest BCUT2D eigenvalue weighted by Crippen LogP contribution is 1.96. The van der Waals surface area contributed by atoms with Crippen LogP contribution < -0.4 is 5.32 Å². The number of rotatable bonds is 7. The monoisotopic (exact) mass is 280 g/mol. The Morgan fingerprint density at radius 1 is 1.26 bits per heavy atom. The van der Waals surface area contributed by atoms with Gasteiger partial charge in [-0.1, -0.05) is 30.3 Å². The fourth-order valence-electron chi connectivity index (χ4n) is 1.33. The third-order valence-electron chi connectivity index (χ3n) is 2.17. The number of aliphatic imine (C=N–C) groups is 1. The van der Waals surface area contributed by atoms with Crippen LogP contribution in [0.5, 0.6) is 0 Å². The molecule has 0 aromatic heterocycles. The minimum Gasteiger partial charge on any atom is -0.422 e. The van der Waals surface area contributed by atoms with Gasteiger partial charge < -0.3 is 9.74 Å². The van der Waals surface area contributed by atoms with E-state index in [1.54, 1.807) is 0 Å². The van der Waals surface area contributed by atoms with Gasteiger partial charge in [0.15, 0.2) is 9.76 Å². The summed E-state index contributed by atoms with van der Waals surface area (Å²) >= 11 is 0. The molecule has 0 radical (unpaired) electrons. The van der Waals surface area contributed by atoms with Crippen molar-refractivity contribution in [2.45, 2.75) is 32.4 Å². The van der Waals surface area contributed by atoms with Crippen LogP contribution in [0.2, 0.25) is 6.04 Å². The highest BCUT2D eigenvalue weighted by atomic mass is 28.2. The molecule has 1 rings (SSSR count). The molecule has 0 aliphatic carbocycles. The van der Waals surface area contributed by atoms with Crippen molar-refractivity contribution in [1.82, 2.24) is 5.32 Å². The summed E-state index contributed by atoms with van der Waals surface area (Å²) < 4.78 is 5.59. The Bertz CT molecular complexity index is 315. The summed E-state index contributed by atoms with van der Waals surface area (Å²) in [6.07, 6.45) is 3.51. The molecule has 1 aromatic rings. The lowest BCUT2D eigenvalue weighted by atomic mass is 10.2. The van der Waals surface area contributed by atoms with Crippen molar-refractivity contribution >= 4 is 16.0 Å². The molecule has 0 saturated heterocycles. The molecule has 0 amide bonds. The zero-order valence-electron chi connectivity index (χ0n) is 12.7. The second kappa shape index (κ2) is 13.5. The third-order valence-corrected chi connectivity index (χ3v) is 3.86. The molecule has 0 aliphatic rings. The summed E-state index contributed by atoms with van der Waals surface area (Å²) in [5.41, 5.74) is 1.18. The van der Waals surface area contributed by atoms with Crippen molar-refractivity contribution < 1.29 is 4.43 Å². The van der Waals surface area contributed by atoms with E-state index in [4.69, 9.17) is 4.43 Å². The quantitative estimate of drug-likeness (QED) is 0.472. The molecule has 19 heavy (non-hydrogen) atoms. The molecule has 3 nitrogen and oxygen atoms in total. The van der Waals surface area contributed by atoms with Gasteiger partial charge in [-0.05, 0) is 46.0 Å². The van der Waals surface area contributed by atoms with E-state index in [1.165, 1.54) is 11.6 Å². The lowest BCUT2D eigenvalue weighted by molar-refractivity contribution is 0.255. The van der Waals surface area contributed by atoms with Gasteiger partial charge in [0.2, 0.25) is 0 Å². The molecular formula is C15H28N2OSi. The van der Waals surface area contributed by atoms with E-state index in [0.717, 1.165) is 13.0 Å². The van der Waals surface area contributed by atoms with E-state index in [0.29, 0.717) is 6.10 Å². The van der Waals surface area contributed by atoms with Gasteiger partial charge in [-0.15, -0.1) is 0 Å². The molecule has 0 heterocycles. The van der Waals surface area contributed by atoms with Crippen LogP contribution in [0.1, 0.15) is 25.8 Å². The Morgan fingerprint density at radius 2 is 1.89 bits per heavy atom. The Labute approximate surface area is 120 Å². The fourth-order valence-corrected chi connectivity index (χ4v) is 2.40. The fraction of sp³-hybridized carbons (Fsp3) is 0.533. The topological polar surface area (TPSA) is 33.6 Å². The summed E-state index contributed by atoms with van der Waals surface area (Å²) in [6, 6.07) is 11.5. The van der Waals surface area contributed by atoms with E-state index < -0.39 is 0 Å². The van der Waals surface area contributed by atoms with Crippen molar-refractivity contribution in [2.75, 3.05) is 20.6 Å². The van der Waals surface area contributed by atoms with Crippen molar-refractivity contribution in [3.8, 4) is 0 Å². The molecule has 0 saturated carbocycles. The standard InChI is InChI=1S/C13H21NOSi.C2H7N/c1-12(2)15-16-10-6-9-14-11-13-7-4-3-5-8-13;1-3-2/h3-5,7-8,11-12H,6,9-10,16H2,1-2H3;3H,1-2H3. The molecular weight excluding hydrogens is 252 g/mol. The largest absolute Gasteiger partial charge is 0.422 e. The smallest absolute Gasteiger partial charge is 0.162 e. The predicted octanol–water partition coefficient (Wildman–Crippen LogP) is 2.26. The normalized spacial score (nSPS) is 11.2. The van der Waals surface area contributed by atoms with Crippen LogP contribution in [0.3, 0.4) is 0 Å². The summed E-state index contributed by atoms with van der Waals surface area (Å²) in [7, 11) is 3.45. The van der Waals surface area contributed by atoms with Crippen LogP contribution in [-0.2, 0) is 4.43 Å². The average Bonchev–Trinajstić information content (AvgIpc) is 2.39. The predicted molar refractivity (Wildman–Crippen MR) is 88.1 cm³/mol. The van der Waals surface area contributed by atoms with E-state index in [-0.39, 0.29) is 9.76 Å². The zero-order chi connectivity index (χ0) is 14.3. The summed E-state index contributed by atoms with van der Waals surface area (Å²) in [4.78, 5) is 4.40. The third kappa shape index (κ3) is 13.3. The SMILES string of the molecule is CC(C)O[SiH2]CCCN=Cc1ccccc1.CNC. The van der Waals surface area contributed by atoms with Gasteiger partial charge in [0.05, 0.1) is 0 Å². The molecule has 0 spiro atoms. The molecule has 0 atom stereocenters. The Hall–Kier alpha value is -0.973. The Balaban J connectivity index is 0.000000982. The van der Waals surface area contributed by atoms with Gasteiger partial charge in [-0.3, -0.25) is 4.99 Å². The maximum atomic E-state index is 5.59. The van der Waals surface area contributed by atoms with Crippen molar-refractivity contribution in [3.05, 3.63) is 35.9 Å². The summed E-state index contributed by atoms with van der Waals surface area (Å²) in [5, 5.41) is 2.75. The first-order valence-corrected chi connectivity index (χ1v) is 8.53.